The van der Waals surface area contributed by atoms with Crippen molar-refractivity contribution in [2.75, 3.05) is 19.8 Å². The first kappa shape index (κ1) is 13.8. The summed E-state index contributed by atoms with van der Waals surface area (Å²) in [7, 11) is 0. The minimum absolute atomic E-state index is 0.0172. The number of urea groups is 1. The van der Waals surface area contributed by atoms with Gasteiger partial charge in [0.25, 0.3) is 0 Å². The first-order valence-corrected chi connectivity index (χ1v) is 5.80. The van der Waals surface area contributed by atoms with E-state index in [-0.39, 0.29) is 30.1 Å². The molecule has 1 saturated heterocycles. The topological polar surface area (TPSA) is 79.5 Å². The molecule has 1 fully saturated rings. The van der Waals surface area contributed by atoms with Crippen LogP contribution in [-0.4, -0.2) is 43.3 Å². The molecule has 1 heterocycles. The van der Waals surface area contributed by atoms with Crippen molar-refractivity contribution >= 4 is 11.9 Å². The lowest BCUT2D eigenvalue weighted by atomic mass is 10.1. The van der Waals surface area contributed by atoms with Crippen LogP contribution in [0.2, 0.25) is 0 Å². The highest BCUT2D eigenvalue weighted by molar-refractivity contribution is 5.84. The van der Waals surface area contributed by atoms with Crippen LogP contribution >= 0.6 is 0 Å². The zero-order valence-corrected chi connectivity index (χ0v) is 10.6. The van der Waals surface area contributed by atoms with Crippen LogP contribution in [-0.2, 0) is 9.53 Å². The molecule has 1 aliphatic rings. The Morgan fingerprint density at radius 2 is 2.06 bits per heavy atom. The zero-order valence-electron chi connectivity index (χ0n) is 10.6. The van der Waals surface area contributed by atoms with E-state index in [1.54, 1.807) is 0 Å². The second-order valence-electron chi connectivity index (χ2n) is 5.19. The van der Waals surface area contributed by atoms with Crippen LogP contribution < -0.4 is 16.0 Å². The van der Waals surface area contributed by atoms with Gasteiger partial charge in [-0.15, -0.1) is 0 Å². The Hall–Kier alpha value is -1.30. The van der Waals surface area contributed by atoms with Crippen molar-refractivity contribution in [3.63, 3.8) is 0 Å². The van der Waals surface area contributed by atoms with Gasteiger partial charge in [-0.25, -0.2) is 4.79 Å². The minimum atomic E-state index is -0.329. The summed E-state index contributed by atoms with van der Waals surface area (Å²) < 4.78 is 5.13. The van der Waals surface area contributed by atoms with Crippen molar-refractivity contribution in [1.82, 2.24) is 16.0 Å². The molecule has 3 N–H and O–H groups in total. The van der Waals surface area contributed by atoms with Gasteiger partial charge >= 0.3 is 6.03 Å². The standard InChI is InChI=1S/C11H21N3O3/c1-11(2,3)14-9(15)6-12-10(16)13-8-4-5-17-7-8/h8H,4-7H2,1-3H3,(H,14,15)(H2,12,13,16). The lowest BCUT2D eigenvalue weighted by molar-refractivity contribution is -0.121. The molecule has 6 nitrogen and oxygen atoms in total. The number of carbonyl (C=O) groups is 2. The van der Waals surface area contributed by atoms with Crippen molar-refractivity contribution in [1.29, 1.82) is 0 Å². The van der Waals surface area contributed by atoms with Crippen LogP contribution in [0.25, 0.3) is 0 Å². The minimum Gasteiger partial charge on any atom is -0.379 e. The van der Waals surface area contributed by atoms with Gasteiger partial charge in [0.2, 0.25) is 5.91 Å². The molecule has 0 saturated carbocycles. The van der Waals surface area contributed by atoms with E-state index in [0.29, 0.717) is 13.2 Å². The van der Waals surface area contributed by atoms with E-state index < -0.39 is 0 Å². The fourth-order valence-electron chi connectivity index (χ4n) is 1.51. The van der Waals surface area contributed by atoms with Gasteiger partial charge in [0, 0.05) is 12.1 Å². The zero-order chi connectivity index (χ0) is 12.9. The average Bonchev–Trinajstić information content (AvgIpc) is 2.64. The summed E-state index contributed by atoms with van der Waals surface area (Å²) in [5.41, 5.74) is -0.283. The number of rotatable bonds is 3. The predicted octanol–water partition coefficient (Wildman–Crippen LogP) is -0.0108. The first-order valence-electron chi connectivity index (χ1n) is 5.80. The summed E-state index contributed by atoms with van der Waals surface area (Å²) in [6, 6.07) is -0.273. The number of carbonyl (C=O) groups excluding carboxylic acids is 2. The van der Waals surface area contributed by atoms with Crippen molar-refractivity contribution in [3.8, 4) is 0 Å². The summed E-state index contributed by atoms with van der Waals surface area (Å²) in [6.07, 6.45) is 0.821. The van der Waals surface area contributed by atoms with Crippen LogP contribution in [0.3, 0.4) is 0 Å². The van der Waals surface area contributed by atoms with Gasteiger partial charge in [-0.1, -0.05) is 0 Å². The second kappa shape index (κ2) is 5.86. The number of nitrogens with one attached hydrogen (secondary N) is 3. The summed E-state index contributed by atoms with van der Waals surface area (Å²) in [4.78, 5) is 22.8. The maximum Gasteiger partial charge on any atom is 0.315 e. The summed E-state index contributed by atoms with van der Waals surface area (Å²) in [5.74, 6) is -0.199. The van der Waals surface area contributed by atoms with Crippen molar-refractivity contribution in [3.05, 3.63) is 0 Å². The maximum atomic E-state index is 11.4. The average molecular weight is 243 g/mol. The van der Waals surface area contributed by atoms with Crippen LogP contribution in [0.1, 0.15) is 27.2 Å². The Kier molecular flexibility index (Phi) is 4.74. The molecule has 0 radical (unpaired) electrons. The maximum absolute atomic E-state index is 11.4. The molecule has 1 atom stereocenters. The van der Waals surface area contributed by atoms with E-state index in [0.717, 1.165) is 6.42 Å². The van der Waals surface area contributed by atoms with Crippen LogP contribution in [0.15, 0.2) is 0 Å². The molecule has 1 unspecified atom stereocenters. The van der Waals surface area contributed by atoms with E-state index >= 15 is 0 Å². The number of amides is 3. The molecular weight excluding hydrogens is 222 g/mol. The highest BCUT2D eigenvalue weighted by atomic mass is 16.5. The number of ether oxygens (including phenoxy) is 1. The van der Waals surface area contributed by atoms with E-state index in [1.807, 2.05) is 20.8 Å². The summed E-state index contributed by atoms with van der Waals surface area (Å²) in [6.45, 7) is 6.87. The number of hydrogen-bond acceptors (Lipinski definition) is 3. The van der Waals surface area contributed by atoms with Gasteiger partial charge in [0.05, 0.1) is 19.2 Å². The molecule has 0 aromatic rings. The molecule has 0 bridgehead atoms. The normalized spacial score (nSPS) is 19.8. The van der Waals surface area contributed by atoms with Gasteiger partial charge in [-0.05, 0) is 27.2 Å². The third-order valence-corrected chi connectivity index (χ3v) is 2.19. The Bertz CT molecular complexity index is 280. The van der Waals surface area contributed by atoms with Crippen molar-refractivity contribution < 1.29 is 14.3 Å². The van der Waals surface area contributed by atoms with Crippen LogP contribution in [0.4, 0.5) is 4.79 Å². The molecule has 0 aliphatic carbocycles. The Morgan fingerprint density at radius 1 is 1.35 bits per heavy atom. The van der Waals surface area contributed by atoms with Crippen molar-refractivity contribution in [2.24, 2.45) is 0 Å². The fourth-order valence-corrected chi connectivity index (χ4v) is 1.51. The Balaban J connectivity index is 2.16. The van der Waals surface area contributed by atoms with Gasteiger partial charge in [-0.2, -0.15) is 0 Å². The first-order chi connectivity index (χ1) is 7.87. The monoisotopic (exact) mass is 243 g/mol. The molecule has 1 aliphatic heterocycles. The van der Waals surface area contributed by atoms with Gasteiger partial charge in [0.15, 0.2) is 0 Å². The third kappa shape index (κ3) is 6.11. The number of hydrogen-bond donors (Lipinski definition) is 3. The lowest BCUT2D eigenvalue weighted by Crippen LogP contribution is -2.49. The SMILES string of the molecule is CC(C)(C)NC(=O)CNC(=O)NC1CCOC1. The smallest absolute Gasteiger partial charge is 0.315 e. The molecule has 0 aromatic heterocycles. The highest BCUT2D eigenvalue weighted by Gasteiger charge is 2.18. The highest BCUT2D eigenvalue weighted by Crippen LogP contribution is 2.02. The Morgan fingerprint density at radius 3 is 2.59 bits per heavy atom. The third-order valence-electron chi connectivity index (χ3n) is 2.19. The van der Waals surface area contributed by atoms with E-state index in [4.69, 9.17) is 4.74 Å². The van der Waals surface area contributed by atoms with Crippen LogP contribution in [0.5, 0.6) is 0 Å². The van der Waals surface area contributed by atoms with Crippen molar-refractivity contribution in [2.45, 2.75) is 38.8 Å². The molecule has 6 heteroatoms. The van der Waals surface area contributed by atoms with Gasteiger partial charge < -0.3 is 20.7 Å². The molecule has 0 spiro atoms. The van der Waals surface area contributed by atoms with Gasteiger partial charge in [-0.3, -0.25) is 4.79 Å². The molecule has 98 valence electrons. The fraction of sp³-hybridized carbons (Fsp3) is 0.818. The molecular formula is C11H21N3O3. The van der Waals surface area contributed by atoms with Gasteiger partial charge in [0.1, 0.15) is 0 Å². The second-order valence-corrected chi connectivity index (χ2v) is 5.19. The van der Waals surface area contributed by atoms with E-state index in [1.165, 1.54) is 0 Å². The predicted molar refractivity (Wildman–Crippen MR) is 63.7 cm³/mol. The summed E-state index contributed by atoms with van der Waals surface area (Å²) >= 11 is 0. The molecule has 0 aromatic carbocycles. The Labute approximate surface area is 101 Å². The molecule has 3 amide bonds. The summed E-state index contributed by atoms with van der Waals surface area (Å²) in [5, 5.41) is 8.02. The van der Waals surface area contributed by atoms with E-state index in [2.05, 4.69) is 16.0 Å². The quantitative estimate of drug-likeness (QED) is 0.652. The lowest BCUT2D eigenvalue weighted by Gasteiger charge is -2.20. The van der Waals surface area contributed by atoms with E-state index in [9.17, 15) is 9.59 Å². The largest absolute Gasteiger partial charge is 0.379 e. The van der Waals surface area contributed by atoms with Crippen LogP contribution in [0, 0.1) is 0 Å². The molecule has 1 rings (SSSR count). The molecule has 17 heavy (non-hydrogen) atoms.